The number of benzene rings is 6. The van der Waals surface area contributed by atoms with Crippen molar-refractivity contribution in [1.82, 2.24) is 73.2 Å². The lowest BCUT2D eigenvalue weighted by atomic mass is 10.1. The van der Waals surface area contributed by atoms with E-state index in [9.17, 15) is 0 Å². The number of anilines is 2. The van der Waals surface area contributed by atoms with E-state index in [4.69, 9.17) is 127 Å². The Morgan fingerprint density at radius 1 is 0.374 bits per heavy atom. The Kier molecular flexibility index (Phi) is 37.5. The topological polar surface area (TPSA) is 366 Å². The highest BCUT2D eigenvalue weighted by atomic mass is 35.5. The SMILES string of the molecule is CC(C)NC1=NC(C)NC(=NCCc2ccc(Cl)c(Cl)c2)N1.CC1N=C(N(C)C)NC(=NCCc2ccc(Cl)c(Cl)c2)N1.CC1N=C(N(C)C)NC(=NCc2ccc(Cl)c(Cl)c2)N1.CC1N=C(N)NC(=NCc2ccccc2Cl)N1.CC1N=C(N)NC(Nc2ccccc2Cl)=N1.CC1N=C(Nc2ccc(Cl)c(Cl)c2)NC(N(C)C)=N1. The van der Waals surface area contributed by atoms with Gasteiger partial charge in [-0.1, -0.05) is 165 Å². The fourth-order valence-corrected chi connectivity index (χ4v) is 11.7. The molecule has 0 bridgehead atoms. The molecule has 618 valence electrons. The minimum absolute atomic E-state index is 0.00683. The largest absolute Gasteiger partial charge is 0.370 e. The van der Waals surface area contributed by atoms with Crippen molar-refractivity contribution in [3.8, 4) is 0 Å². The van der Waals surface area contributed by atoms with Crippen molar-refractivity contribution in [2.75, 3.05) is 66.0 Å². The summed E-state index contributed by atoms with van der Waals surface area (Å²) in [6, 6.07) is 37.5. The van der Waals surface area contributed by atoms with Crippen molar-refractivity contribution in [2.45, 2.75) is 124 Å². The molecule has 12 rings (SSSR count). The zero-order valence-electron chi connectivity index (χ0n) is 66.0. The number of halogens is 10. The lowest BCUT2D eigenvalue weighted by Crippen LogP contribution is -2.55. The molecular formula is C75H98Cl10N30. The van der Waals surface area contributed by atoms with Gasteiger partial charge >= 0.3 is 0 Å². The molecule has 6 atom stereocenters. The van der Waals surface area contributed by atoms with Crippen LogP contribution in [0.5, 0.6) is 0 Å². The summed E-state index contributed by atoms with van der Waals surface area (Å²) in [5.74, 6) is 7.75. The Morgan fingerprint density at radius 3 is 1.29 bits per heavy atom. The fraction of sp³-hybridized carbons (Fsp3) is 0.360. The summed E-state index contributed by atoms with van der Waals surface area (Å²) in [7, 11) is 11.6. The summed E-state index contributed by atoms with van der Waals surface area (Å²) >= 11 is 59.6. The first-order chi connectivity index (χ1) is 54.6. The monoisotopic (exact) mass is 1770 g/mol. The molecule has 0 amide bonds. The number of nitrogens with two attached hydrogens (primary N) is 2. The molecule has 6 aliphatic heterocycles. The zero-order chi connectivity index (χ0) is 84.0. The molecule has 6 heterocycles. The molecule has 6 aromatic rings. The molecule has 0 saturated carbocycles. The summed E-state index contributed by atoms with van der Waals surface area (Å²) in [4.78, 5) is 58.0. The second-order valence-corrected chi connectivity index (χ2v) is 30.7. The number of para-hydroxylation sites is 1. The molecule has 6 aromatic carbocycles. The Balaban J connectivity index is 0.000000192. The summed E-state index contributed by atoms with van der Waals surface area (Å²) in [6.45, 7) is 18.1. The minimum atomic E-state index is -0.189. The Bertz CT molecular complexity index is 4650. The van der Waals surface area contributed by atoms with Gasteiger partial charge in [0.05, 0.1) is 64.0 Å². The third-order valence-electron chi connectivity index (χ3n) is 15.4. The molecule has 0 aromatic heterocycles. The summed E-state index contributed by atoms with van der Waals surface area (Å²) < 4.78 is 0. The smallest absolute Gasteiger partial charge is 0.204 e. The molecule has 6 aliphatic rings. The summed E-state index contributed by atoms with van der Waals surface area (Å²) in [6.07, 6.45) is 1.19. The predicted octanol–water partition coefficient (Wildman–Crippen LogP) is 12.5. The van der Waals surface area contributed by atoms with E-state index in [1.54, 1.807) is 24.3 Å². The standard InChI is InChI=1S/C15H21Cl2N5.C14H19Cl2N5.C13H17Cl2N5.C12H15Cl2N5.C11H14ClN5.C10H12ClN5/c1-9(2)19-15-21-10(3)20-14(22-15)18-7-6-11-4-5-12(16)13(17)8-11;1-9-18-13(20-14(19-9)21(2)3)17-7-6-10-4-5-11(15)12(16)8-10;1-8-17-12(19-13(18-8)20(2)3)16-7-9-4-5-10(14)11(15)6-9;1-7-15-11(18-12(16-7)19(2)3)17-8-4-5-9(13)10(14)6-8;1-7-15-10(13)17-11(16-7)14-6-8-4-2-3-5-9(8)12;1-6-13-9(12)16-10(14-6)15-8-5-3-2-4-7(8)11/h4-5,8-10H,6-7H2,1-3H3,(H3,18,19,20,21,22);4-5,8-9H,6-7H2,1-3H3,(H2,17,18,19,20);4-6,8H,7H2,1-3H3,(H2,16,17,18,19);4-7H,1-3H3,(H2,15,16,17,18);2-5,7H,6H2,1H3,(H4,13,14,15,16,17);2-6H,1H3,(H4,12,13,14,15,16). The molecule has 115 heavy (non-hydrogen) atoms. The fourth-order valence-electron chi connectivity index (χ4n) is 10.1. The average molecular weight is 1770 g/mol. The molecule has 40 heteroatoms. The number of nitrogens with zero attached hydrogens (tertiary/aromatic N) is 15. The van der Waals surface area contributed by atoms with Crippen molar-refractivity contribution >= 4 is 199 Å². The van der Waals surface area contributed by atoms with Crippen LogP contribution in [0.4, 0.5) is 11.4 Å². The van der Waals surface area contributed by atoms with Gasteiger partial charge in [-0.2, -0.15) is 0 Å². The first-order valence-corrected chi connectivity index (χ1v) is 39.9. The van der Waals surface area contributed by atoms with Crippen LogP contribution >= 0.6 is 116 Å². The van der Waals surface area contributed by atoms with Gasteiger partial charge in [-0.05, 0) is 163 Å². The van der Waals surface area contributed by atoms with Crippen molar-refractivity contribution in [2.24, 2.45) is 71.4 Å². The average Bonchev–Trinajstić information content (AvgIpc) is 0.848. The van der Waals surface area contributed by atoms with E-state index < -0.39 is 0 Å². The van der Waals surface area contributed by atoms with E-state index in [2.05, 4.69) is 143 Å². The first kappa shape index (κ1) is 92.8. The maximum atomic E-state index is 6.04. The van der Waals surface area contributed by atoms with E-state index in [1.807, 2.05) is 196 Å². The lowest BCUT2D eigenvalue weighted by Gasteiger charge is -2.26. The Hall–Kier alpha value is -9.34. The molecule has 6 unspecified atom stereocenters. The maximum absolute atomic E-state index is 6.04. The van der Waals surface area contributed by atoms with Gasteiger partial charge in [0.15, 0.2) is 41.7 Å². The molecule has 17 N–H and O–H groups in total. The van der Waals surface area contributed by atoms with Crippen LogP contribution in [0.2, 0.25) is 50.2 Å². The van der Waals surface area contributed by atoms with Gasteiger partial charge < -0.3 is 63.4 Å². The van der Waals surface area contributed by atoms with E-state index in [-0.39, 0.29) is 37.0 Å². The molecule has 0 radical (unpaired) electrons. The van der Waals surface area contributed by atoms with Crippen LogP contribution in [-0.4, -0.2) is 185 Å². The van der Waals surface area contributed by atoms with Crippen LogP contribution in [0, 0.1) is 0 Å². The Morgan fingerprint density at radius 2 is 0.791 bits per heavy atom. The van der Waals surface area contributed by atoms with Gasteiger partial charge in [-0.25, -0.2) is 49.9 Å². The maximum Gasteiger partial charge on any atom is 0.204 e. The Labute approximate surface area is 722 Å². The zero-order valence-corrected chi connectivity index (χ0v) is 73.5. The van der Waals surface area contributed by atoms with Crippen LogP contribution in [0.3, 0.4) is 0 Å². The van der Waals surface area contributed by atoms with Gasteiger partial charge in [-0.3, -0.25) is 41.9 Å². The molecule has 0 aliphatic carbocycles. The van der Waals surface area contributed by atoms with Gasteiger partial charge in [0, 0.05) is 72.1 Å². The van der Waals surface area contributed by atoms with Gasteiger partial charge in [0.25, 0.3) is 0 Å². The van der Waals surface area contributed by atoms with E-state index in [1.165, 1.54) is 0 Å². The number of guanidine groups is 12. The van der Waals surface area contributed by atoms with E-state index in [0.717, 1.165) is 82.2 Å². The van der Waals surface area contributed by atoms with Crippen LogP contribution in [0.25, 0.3) is 0 Å². The van der Waals surface area contributed by atoms with Crippen molar-refractivity contribution in [3.05, 3.63) is 194 Å². The number of hydrogen-bond acceptors (Lipinski definition) is 22. The third-order valence-corrected chi connectivity index (χ3v) is 19.1. The summed E-state index contributed by atoms with van der Waals surface area (Å²) in [5, 5.41) is 46.0. The number of hydrogen-bond donors (Lipinski definition) is 15. The van der Waals surface area contributed by atoms with Gasteiger partial charge in [-0.15, -0.1) is 0 Å². The van der Waals surface area contributed by atoms with Crippen molar-refractivity contribution in [3.63, 3.8) is 0 Å². The highest BCUT2D eigenvalue weighted by Gasteiger charge is 2.21. The van der Waals surface area contributed by atoms with Crippen LogP contribution < -0.4 is 80.6 Å². The van der Waals surface area contributed by atoms with E-state index >= 15 is 0 Å². The van der Waals surface area contributed by atoms with Gasteiger partial charge in [0.1, 0.15) is 37.0 Å². The van der Waals surface area contributed by atoms with Crippen molar-refractivity contribution < 1.29 is 0 Å². The quantitative estimate of drug-likeness (QED) is 0.0511. The van der Waals surface area contributed by atoms with Gasteiger partial charge in [0.2, 0.25) is 29.8 Å². The lowest BCUT2D eigenvalue weighted by molar-refractivity contribution is 0.559. The molecule has 0 fully saturated rings. The van der Waals surface area contributed by atoms with Crippen LogP contribution in [-0.2, 0) is 25.9 Å². The molecule has 30 nitrogen and oxygen atoms in total. The predicted molar refractivity (Wildman–Crippen MR) is 486 cm³/mol. The molecule has 0 spiro atoms. The minimum Gasteiger partial charge on any atom is -0.370 e. The number of aliphatic imine (C=N–C) groups is 12. The normalized spacial score (nSPS) is 19.8. The van der Waals surface area contributed by atoms with Crippen LogP contribution in [0.1, 0.15) is 77.6 Å². The molecule has 0 saturated heterocycles. The highest BCUT2D eigenvalue weighted by molar-refractivity contribution is 6.43. The van der Waals surface area contributed by atoms with E-state index in [0.29, 0.717) is 118 Å². The second kappa shape index (κ2) is 46.4. The van der Waals surface area contributed by atoms with Crippen molar-refractivity contribution in [1.29, 1.82) is 0 Å². The molecular weight excluding hydrogens is 1680 g/mol. The highest BCUT2D eigenvalue weighted by Crippen LogP contribution is 2.28. The summed E-state index contributed by atoms with van der Waals surface area (Å²) in [5.41, 5.74) is 17.0. The number of nitrogens with one attached hydrogen (secondary N) is 13. The third kappa shape index (κ3) is 33.1. The second-order valence-electron chi connectivity index (χ2n) is 26.6. The van der Waals surface area contributed by atoms with Crippen LogP contribution in [0.15, 0.2) is 181 Å². The first-order valence-electron chi connectivity index (χ1n) is 36.2. The number of rotatable bonds is 13.